The van der Waals surface area contributed by atoms with Crippen LogP contribution in [0.4, 0.5) is 24.7 Å². The zero-order valence-corrected chi connectivity index (χ0v) is 17.6. The number of alkyl halides is 3. The number of halogens is 3. The summed E-state index contributed by atoms with van der Waals surface area (Å²) in [6.07, 6.45) is -4.20. The number of nitrogens with two attached hydrogens (primary N) is 1. The number of amides is 1. The van der Waals surface area contributed by atoms with Gasteiger partial charge in [-0.05, 0) is 26.0 Å². The van der Waals surface area contributed by atoms with Crippen LogP contribution in [0.2, 0.25) is 0 Å². The Morgan fingerprint density at radius 2 is 2.06 bits per heavy atom. The number of fused-ring (bicyclic) bond motifs is 1. The number of carboxylic acids is 1. The van der Waals surface area contributed by atoms with Crippen molar-refractivity contribution in [2.45, 2.75) is 26.6 Å². The van der Waals surface area contributed by atoms with Gasteiger partial charge in [-0.1, -0.05) is 11.8 Å². The smallest absolute Gasteiger partial charge is 0.481 e. The molecular weight excluding hydrogens is 445 g/mol. The second-order valence-corrected chi connectivity index (χ2v) is 7.68. The first-order chi connectivity index (χ1) is 15.4. The highest BCUT2D eigenvalue weighted by molar-refractivity contribution is 6.10. The number of anilines is 2. The van der Waals surface area contributed by atoms with E-state index >= 15 is 0 Å². The van der Waals surface area contributed by atoms with Gasteiger partial charge in [0.15, 0.2) is 0 Å². The molecule has 3 N–H and O–H groups in total. The summed E-state index contributed by atoms with van der Waals surface area (Å²) in [4.78, 5) is 32.8. The molecule has 1 aliphatic rings. The first-order valence-electron chi connectivity index (χ1n) is 9.56. The van der Waals surface area contributed by atoms with E-state index in [1.54, 1.807) is 13.8 Å². The van der Waals surface area contributed by atoms with Gasteiger partial charge in [-0.15, -0.1) is 13.2 Å². The minimum atomic E-state index is -5.03. The third-order valence-electron chi connectivity index (χ3n) is 4.49. The molecule has 1 aromatic heterocycles. The highest BCUT2D eigenvalue weighted by Crippen LogP contribution is 2.33. The number of benzene rings is 1. The average Bonchev–Trinajstić information content (AvgIpc) is 2.84. The number of hydrogen-bond acceptors (Lipinski definition) is 7. The van der Waals surface area contributed by atoms with E-state index in [0.29, 0.717) is 0 Å². The van der Waals surface area contributed by atoms with Gasteiger partial charge in [0.05, 0.1) is 18.5 Å². The summed E-state index contributed by atoms with van der Waals surface area (Å²) < 4.78 is 48.7. The van der Waals surface area contributed by atoms with E-state index in [-0.39, 0.29) is 48.1 Å². The highest BCUT2D eigenvalue weighted by Gasteiger charge is 2.34. The fourth-order valence-electron chi connectivity index (χ4n) is 3.06. The molecule has 0 spiro atoms. The van der Waals surface area contributed by atoms with Crippen molar-refractivity contribution in [1.82, 2.24) is 9.97 Å². The summed E-state index contributed by atoms with van der Waals surface area (Å²) in [6, 6.07) is 3.66. The quantitative estimate of drug-likeness (QED) is 0.662. The minimum Gasteiger partial charge on any atom is -0.481 e. The van der Waals surface area contributed by atoms with Crippen LogP contribution in [0.3, 0.4) is 0 Å². The lowest BCUT2D eigenvalue weighted by molar-refractivity contribution is -0.274. The predicted octanol–water partition coefficient (Wildman–Crippen LogP) is 2.85. The Balaban J connectivity index is 2.03. The van der Waals surface area contributed by atoms with Crippen molar-refractivity contribution >= 4 is 23.4 Å². The third kappa shape index (κ3) is 5.82. The Hall–Kier alpha value is -4.01. The molecule has 174 valence electrons. The molecule has 0 saturated carbocycles. The van der Waals surface area contributed by atoms with Crippen LogP contribution in [0.25, 0.3) is 0 Å². The van der Waals surface area contributed by atoms with Crippen LogP contribution >= 0.6 is 0 Å². The molecule has 0 atom stereocenters. The molecule has 9 nitrogen and oxygen atoms in total. The van der Waals surface area contributed by atoms with Crippen molar-refractivity contribution in [2.75, 3.05) is 23.8 Å². The predicted molar refractivity (Wildman–Crippen MR) is 110 cm³/mol. The Labute approximate surface area is 186 Å². The maximum atomic E-state index is 13.1. The largest absolute Gasteiger partial charge is 0.573 e. The molecule has 3 rings (SSSR count). The number of rotatable bonds is 4. The van der Waals surface area contributed by atoms with E-state index in [4.69, 9.17) is 15.6 Å². The maximum Gasteiger partial charge on any atom is 0.573 e. The highest BCUT2D eigenvalue weighted by atomic mass is 19.4. The number of hydrogen-bond donors (Lipinski definition) is 2. The SMILES string of the molecule is CC(C)(C#Cc1ccc(N2CCOc3ncnc(N)c3C2=O)cc1OC(F)(F)F)CC(=O)O. The zero-order chi connectivity index (χ0) is 24.4. The molecule has 0 unspecified atom stereocenters. The van der Waals surface area contributed by atoms with Crippen molar-refractivity contribution in [3.05, 3.63) is 35.7 Å². The summed E-state index contributed by atoms with van der Waals surface area (Å²) in [7, 11) is 0. The third-order valence-corrected chi connectivity index (χ3v) is 4.49. The number of aliphatic carboxylic acids is 1. The second-order valence-electron chi connectivity index (χ2n) is 7.68. The monoisotopic (exact) mass is 464 g/mol. The average molecular weight is 464 g/mol. The van der Waals surface area contributed by atoms with Crippen molar-refractivity contribution < 1.29 is 37.3 Å². The molecule has 0 saturated heterocycles. The van der Waals surface area contributed by atoms with Gasteiger partial charge in [0, 0.05) is 17.2 Å². The van der Waals surface area contributed by atoms with Crippen LogP contribution in [0.5, 0.6) is 11.6 Å². The number of nitrogens with zero attached hydrogens (tertiary/aromatic N) is 3. The molecular formula is C21H19F3N4O5. The number of carboxylic acid groups (broad SMARTS) is 1. The number of nitrogen functional groups attached to an aromatic ring is 1. The summed E-state index contributed by atoms with van der Waals surface area (Å²) >= 11 is 0. The van der Waals surface area contributed by atoms with Crippen LogP contribution in [0.1, 0.15) is 36.2 Å². The Morgan fingerprint density at radius 1 is 1.33 bits per heavy atom. The van der Waals surface area contributed by atoms with Crippen molar-refractivity contribution in [3.63, 3.8) is 0 Å². The maximum absolute atomic E-state index is 13.1. The Kier molecular flexibility index (Phi) is 6.34. The van der Waals surface area contributed by atoms with Gasteiger partial charge in [-0.25, -0.2) is 9.97 Å². The van der Waals surface area contributed by atoms with Gasteiger partial charge in [-0.2, -0.15) is 0 Å². The number of aromatic nitrogens is 2. The van der Waals surface area contributed by atoms with Crippen LogP contribution in [0, 0.1) is 17.3 Å². The van der Waals surface area contributed by atoms with Crippen molar-refractivity contribution in [3.8, 4) is 23.5 Å². The number of carbonyl (C=O) groups excluding carboxylic acids is 1. The molecule has 33 heavy (non-hydrogen) atoms. The zero-order valence-electron chi connectivity index (χ0n) is 17.6. The van der Waals surface area contributed by atoms with Crippen molar-refractivity contribution in [1.29, 1.82) is 0 Å². The Morgan fingerprint density at radius 3 is 2.73 bits per heavy atom. The van der Waals surface area contributed by atoms with E-state index in [1.807, 2.05) is 0 Å². The van der Waals surface area contributed by atoms with Gasteiger partial charge < -0.3 is 25.2 Å². The van der Waals surface area contributed by atoms with Crippen LogP contribution in [-0.2, 0) is 4.79 Å². The fourth-order valence-corrected chi connectivity index (χ4v) is 3.06. The molecule has 0 bridgehead atoms. The summed E-state index contributed by atoms with van der Waals surface area (Å²) in [5, 5.41) is 8.96. The molecule has 2 heterocycles. The number of carbonyl (C=O) groups is 2. The van der Waals surface area contributed by atoms with Crippen LogP contribution < -0.4 is 20.1 Å². The van der Waals surface area contributed by atoms with E-state index < -0.39 is 29.4 Å². The molecule has 0 radical (unpaired) electrons. The molecule has 1 amide bonds. The molecule has 0 aliphatic carbocycles. The van der Waals surface area contributed by atoms with Gasteiger partial charge in [0.2, 0.25) is 5.88 Å². The summed E-state index contributed by atoms with van der Waals surface area (Å²) in [5.74, 6) is 2.66. The minimum absolute atomic E-state index is 0.00322. The fraction of sp³-hybridized carbons (Fsp3) is 0.333. The number of ether oxygens (including phenoxy) is 2. The molecule has 12 heteroatoms. The Bertz CT molecular complexity index is 1150. The van der Waals surface area contributed by atoms with E-state index in [1.165, 1.54) is 17.0 Å². The van der Waals surface area contributed by atoms with E-state index in [0.717, 1.165) is 12.4 Å². The first kappa shape index (κ1) is 23.6. The first-order valence-corrected chi connectivity index (χ1v) is 9.56. The molecule has 2 aromatic rings. The molecule has 1 aliphatic heterocycles. The van der Waals surface area contributed by atoms with Gasteiger partial charge in [0.1, 0.15) is 30.1 Å². The van der Waals surface area contributed by atoms with E-state index in [2.05, 4.69) is 26.5 Å². The van der Waals surface area contributed by atoms with E-state index in [9.17, 15) is 22.8 Å². The second kappa shape index (κ2) is 8.85. The van der Waals surface area contributed by atoms with Crippen LogP contribution in [-0.4, -0.2) is 46.5 Å². The normalized spacial score (nSPS) is 13.8. The molecule has 0 fully saturated rings. The molecule has 1 aromatic carbocycles. The van der Waals surface area contributed by atoms with Crippen LogP contribution in [0.15, 0.2) is 24.5 Å². The topological polar surface area (TPSA) is 128 Å². The van der Waals surface area contributed by atoms with Gasteiger partial charge in [-0.3, -0.25) is 9.59 Å². The van der Waals surface area contributed by atoms with Gasteiger partial charge >= 0.3 is 12.3 Å². The summed E-state index contributed by atoms with van der Waals surface area (Å²) in [6.45, 7) is 3.10. The van der Waals surface area contributed by atoms with Crippen molar-refractivity contribution in [2.24, 2.45) is 5.41 Å². The lowest BCUT2D eigenvalue weighted by atomic mass is 9.90. The lowest BCUT2D eigenvalue weighted by Crippen LogP contribution is -2.33. The lowest BCUT2D eigenvalue weighted by Gasteiger charge is -2.22. The standard InChI is InChI=1S/C21H19F3N4O5/c1-20(2,10-15(29)30)6-5-12-3-4-13(9-14(12)33-21(22,23)24)28-7-8-32-18-16(19(28)31)17(25)26-11-27-18/h3-4,9,11H,7-8,10H2,1-2H3,(H,29,30)(H2,25,26,27). The van der Waals surface area contributed by atoms with Gasteiger partial charge in [0.25, 0.3) is 5.91 Å². The summed E-state index contributed by atoms with van der Waals surface area (Å²) in [5.41, 5.74) is 4.63.